The summed E-state index contributed by atoms with van der Waals surface area (Å²) in [6.45, 7) is 0.662. The van der Waals surface area contributed by atoms with E-state index in [1.165, 1.54) is 6.42 Å². The summed E-state index contributed by atoms with van der Waals surface area (Å²) in [5.41, 5.74) is 0. The number of fused-ring (bicyclic) bond motifs is 1. The molecule has 4 atom stereocenters. The predicted molar refractivity (Wildman–Crippen MR) is 77.4 cm³/mol. The van der Waals surface area contributed by atoms with E-state index < -0.39 is 24.5 Å². The maximum absolute atomic E-state index is 12.8. The van der Waals surface area contributed by atoms with E-state index >= 15 is 0 Å². The van der Waals surface area contributed by atoms with Crippen molar-refractivity contribution < 1.29 is 22.8 Å². The average Bonchev–Trinajstić information content (AvgIpc) is 2.96. The van der Waals surface area contributed by atoms with Crippen molar-refractivity contribution in [1.82, 2.24) is 9.80 Å². The van der Waals surface area contributed by atoms with E-state index in [4.69, 9.17) is 0 Å². The molecule has 2 aliphatic heterocycles. The number of alkyl halides is 3. The van der Waals surface area contributed by atoms with Crippen LogP contribution in [0.4, 0.5) is 13.2 Å². The Labute approximate surface area is 134 Å². The van der Waals surface area contributed by atoms with Crippen molar-refractivity contribution in [2.75, 3.05) is 13.1 Å². The number of carbonyl (C=O) groups is 2. The molecule has 0 radical (unpaired) electrons. The molecule has 0 N–H and O–H groups in total. The summed E-state index contributed by atoms with van der Waals surface area (Å²) in [7, 11) is 0. The smallest absolute Gasteiger partial charge is 0.336 e. The Morgan fingerprint density at radius 2 is 1.96 bits per heavy atom. The number of hydrogen-bond acceptors (Lipinski definition) is 2. The van der Waals surface area contributed by atoms with Crippen molar-refractivity contribution in [1.29, 1.82) is 0 Å². The van der Waals surface area contributed by atoms with E-state index in [0.29, 0.717) is 5.92 Å². The Hall–Kier alpha value is -1.27. The zero-order valence-corrected chi connectivity index (χ0v) is 13.3. The Kier molecular flexibility index (Phi) is 4.31. The predicted octanol–water partition coefficient (Wildman–Crippen LogP) is 2.58. The number of rotatable bonds is 2. The van der Waals surface area contributed by atoms with E-state index in [2.05, 4.69) is 0 Å². The molecule has 3 aliphatic rings. The molecule has 0 unspecified atom stereocenters. The highest BCUT2D eigenvalue weighted by Gasteiger charge is 2.47. The minimum Gasteiger partial charge on any atom is -0.336 e. The van der Waals surface area contributed by atoms with Crippen LogP contribution in [0.2, 0.25) is 0 Å². The third-order valence-electron chi connectivity index (χ3n) is 5.53. The first-order valence-electron chi connectivity index (χ1n) is 8.43. The number of hydrogen-bond donors (Lipinski definition) is 0. The number of nitrogens with zero attached hydrogens (tertiary/aromatic N) is 2. The second kappa shape index (κ2) is 5.98. The van der Waals surface area contributed by atoms with Crippen molar-refractivity contribution in [3.63, 3.8) is 0 Å². The molecule has 1 saturated carbocycles. The molecule has 3 rings (SSSR count). The highest BCUT2D eigenvalue weighted by molar-refractivity contribution is 5.89. The van der Waals surface area contributed by atoms with Gasteiger partial charge in [-0.1, -0.05) is 12.8 Å². The summed E-state index contributed by atoms with van der Waals surface area (Å²) >= 11 is 0. The van der Waals surface area contributed by atoms with Gasteiger partial charge in [-0.25, -0.2) is 0 Å². The second-order valence-corrected chi connectivity index (χ2v) is 7.23. The monoisotopic (exact) mass is 332 g/mol. The summed E-state index contributed by atoms with van der Waals surface area (Å²) in [4.78, 5) is 27.3. The first kappa shape index (κ1) is 16.6. The second-order valence-electron chi connectivity index (χ2n) is 7.23. The molecule has 7 heteroatoms. The number of likely N-dealkylation sites (tertiary alicyclic amines) is 2. The summed E-state index contributed by atoms with van der Waals surface area (Å²) in [6, 6.07) is 0.348. The van der Waals surface area contributed by atoms with Crippen molar-refractivity contribution in [3.8, 4) is 0 Å². The molecule has 2 heterocycles. The van der Waals surface area contributed by atoms with Gasteiger partial charge in [0.05, 0.1) is 5.92 Å². The third-order valence-corrected chi connectivity index (χ3v) is 5.53. The third kappa shape index (κ3) is 3.33. The Morgan fingerprint density at radius 1 is 1.26 bits per heavy atom. The fourth-order valence-electron chi connectivity index (χ4n) is 4.61. The van der Waals surface area contributed by atoms with Crippen molar-refractivity contribution >= 4 is 11.8 Å². The number of carbonyl (C=O) groups excluding carboxylic acids is 2. The van der Waals surface area contributed by atoms with E-state index in [1.54, 1.807) is 0 Å². The lowest BCUT2D eigenvalue weighted by Gasteiger charge is -2.34. The van der Waals surface area contributed by atoms with Crippen LogP contribution in [-0.2, 0) is 9.59 Å². The lowest BCUT2D eigenvalue weighted by molar-refractivity contribution is -0.157. The van der Waals surface area contributed by atoms with Gasteiger partial charge in [0.2, 0.25) is 11.8 Å². The molecule has 2 amide bonds. The first-order valence-corrected chi connectivity index (χ1v) is 8.43. The molecular weight excluding hydrogens is 309 g/mol. The number of halogens is 3. The van der Waals surface area contributed by atoms with Crippen LogP contribution < -0.4 is 0 Å². The average molecular weight is 332 g/mol. The molecule has 0 aromatic rings. The molecule has 2 saturated heterocycles. The fourth-order valence-corrected chi connectivity index (χ4v) is 4.61. The zero-order chi connectivity index (χ0) is 16.8. The molecule has 4 nitrogen and oxygen atoms in total. The van der Waals surface area contributed by atoms with Gasteiger partial charge in [-0.15, -0.1) is 0 Å². The summed E-state index contributed by atoms with van der Waals surface area (Å²) in [5.74, 6) is -0.781. The topological polar surface area (TPSA) is 40.6 Å². The lowest BCUT2D eigenvalue weighted by atomic mass is 9.84. The molecule has 0 aromatic carbocycles. The molecule has 23 heavy (non-hydrogen) atoms. The molecule has 130 valence electrons. The summed E-state index contributed by atoms with van der Waals surface area (Å²) in [6.07, 6.45) is 0.872. The highest BCUT2D eigenvalue weighted by atomic mass is 19.4. The minimum absolute atomic E-state index is 0.0878. The van der Waals surface area contributed by atoms with Crippen molar-refractivity contribution in [2.45, 2.75) is 63.7 Å². The summed E-state index contributed by atoms with van der Waals surface area (Å²) < 4.78 is 37.5. The summed E-state index contributed by atoms with van der Waals surface area (Å²) in [5, 5.41) is 0. The van der Waals surface area contributed by atoms with Gasteiger partial charge in [-0.05, 0) is 32.1 Å². The molecule has 3 fully saturated rings. The van der Waals surface area contributed by atoms with Gasteiger partial charge in [0.15, 0.2) is 0 Å². The van der Waals surface area contributed by atoms with Crippen LogP contribution in [0, 0.1) is 11.8 Å². The molecular formula is C16H23F3N2O2. The van der Waals surface area contributed by atoms with Crippen LogP contribution in [0.3, 0.4) is 0 Å². The highest BCUT2D eigenvalue weighted by Crippen LogP contribution is 2.41. The van der Waals surface area contributed by atoms with Crippen LogP contribution in [0.1, 0.15) is 45.4 Å². The molecule has 1 aliphatic carbocycles. The minimum atomic E-state index is -4.41. The largest absolute Gasteiger partial charge is 0.406 e. The molecule has 0 aromatic heterocycles. The van der Waals surface area contributed by atoms with Gasteiger partial charge in [0.25, 0.3) is 0 Å². The Balaban J connectivity index is 1.67. The lowest BCUT2D eigenvalue weighted by Crippen LogP contribution is -2.46. The van der Waals surface area contributed by atoms with Crippen molar-refractivity contribution in [3.05, 3.63) is 0 Å². The molecule has 0 spiro atoms. The van der Waals surface area contributed by atoms with Crippen LogP contribution in [0.15, 0.2) is 0 Å². The zero-order valence-electron chi connectivity index (χ0n) is 13.3. The van der Waals surface area contributed by atoms with Gasteiger partial charge >= 0.3 is 6.18 Å². The van der Waals surface area contributed by atoms with Crippen molar-refractivity contribution in [2.24, 2.45) is 11.8 Å². The van der Waals surface area contributed by atoms with Crippen LogP contribution in [0.25, 0.3) is 0 Å². The van der Waals surface area contributed by atoms with Gasteiger partial charge in [-0.2, -0.15) is 13.2 Å². The van der Waals surface area contributed by atoms with Gasteiger partial charge in [0.1, 0.15) is 6.54 Å². The van der Waals surface area contributed by atoms with Crippen LogP contribution in [0.5, 0.6) is 0 Å². The maximum Gasteiger partial charge on any atom is 0.406 e. The molecule has 0 bridgehead atoms. The van der Waals surface area contributed by atoms with Gasteiger partial charge in [-0.3, -0.25) is 9.59 Å². The van der Waals surface area contributed by atoms with Gasteiger partial charge in [0, 0.05) is 25.0 Å². The quantitative estimate of drug-likeness (QED) is 0.780. The fraction of sp³-hybridized carbons (Fsp3) is 0.875. The van der Waals surface area contributed by atoms with Gasteiger partial charge < -0.3 is 9.80 Å². The standard InChI is InChI=1S/C16H23F3N2O2/c1-10-6-11-4-2-3-5-13(11)21(10)15(23)12-7-14(22)20(8-12)9-16(17,18)19/h10-13H,2-9H2,1H3/t10-,11+,12-,13-/m1/s1. The van der Waals surface area contributed by atoms with Crippen LogP contribution >= 0.6 is 0 Å². The number of amides is 2. The normalized spacial score (nSPS) is 34.9. The van der Waals surface area contributed by atoms with E-state index in [-0.39, 0.29) is 31.0 Å². The Bertz CT molecular complexity index is 494. The van der Waals surface area contributed by atoms with E-state index in [1.807, 2.05) is 11.8 Å². The van der Waals surface area contributed by atoms with Crippen LogP contribution in [-0.4, -0.2) is 53.0 Å². The Morgan fingerprint density at radius 3 is 2.65 bits per heavy atom. The SMILES string of the molecule is C[C@@H]1C[C@@H]2CCCC[C@H]2N1C(=O)[C@@H]1CC(=O)N(CC(F)(F)F)C1. The maximum atomic E-state index is 12.8. The first-order chi connectivity index (χ1) is 10.8. The van der Waals surface area contributed by atoms with E-state index in [9.17, 15) is 22.8 Å². The van der Waals surface area contributed by atoms with E-state index in [0.717, 1.165) is 30.6 Å².